The fraction of sp³-hybridized carbons (Fsp3) is 0.368. The van der Waals surface area contributed by atoms with E-state index in [2.05, 4.69) is 41.5 Å². The molecule has 10 heteroatoms. The van der Waals surface area contributed by atoms with Crippen molar-refractivity contribution in [3.05, 3.63) is 82.9 Å². The van der Waals surface area contributed by atoms with Gasteiger partial charge in [-0.3, -0.25) is 0 Å². The van der Waals surface area contributed by atoms with E-state index in [-0.39, 0.29) is 10.3 Å². The molecule has 6 rings (SSSR count). The molecule has 0 fully saturated rings. The molecule has 0 aliphatic carbocycles. The lowest BCUT2D eigenvalue weighted by Crippen LogP contribution is -2.22. The average Bonchev–Trinajstić information content (AvgIpc) is 3.61. The highest BCUT2D eigenvalue weighted by Gasteiger charge is 2.42. The zero-order valence-electron chi connectivity index (χ0n) is 28.2. The third-order valence-corrected chi connectivity index (χ3v) is 14.8. The minimum absolute atomic E-state index is 0.179. The summed E-state index contributed by atoms with van der Waals surface area (Å²) in [5.74, 6) is 1.19. The smallest absolute Gasteiger partial charge is 0.416 e. The van der Waals surface area contributed by atoms with E-state index in [1.165, 1.54) is 12.1 Å². The van der Waals surface area contributed by atoms with Crippen LogP contribution in [0.25, 0.3) is 33.4 Å². The summed E-state index contributed by atoms with van der Waals surface area (Å²) in [6.45, 7) is 16.2. The molecule has 48 heavy (non-hydrogen) atoms. The third-order valence-electron chi connectivity index (χ3n) is 8.82. The summed E-state index contributed by atoms with van der Waals surface area (Å²) < 4.78 is 96.1. The Labute approximate surface area is 280 Å². The first-order valence-corrected chi connectivity index (χ1v) is 18.7. The molecule has 2 aliphatic rings. The number of hydrogen-bond acceptors (Lipinski definition) is 2. The van der Waals surface area contributed by atoms with Gasteiger partial charge in [-0.2, -0.15) is 26.3 Å². The number of aryl methyl sites for hydroxylation is 2. The van der Waals surface area contributed by atoms with Crippen molar-refractivity contribution >= 4 is 26.5 Å². The first kappa shape index (κ1) is 34.8. The fourth-order valence-corrected chi connectivity index (χ4v) is 11.2. The van der Waals surface area contributed by atoms with Crippen LogP contribution < -0.4 is 20.1 Å². The zero-order chi connectivity index (χ0) is 35.1. The Balaban J connectivity index is 1.62. The first-order valence-electron chi connectivity index (χ1n) is 15.7. The summed E-state index contributed by atoms with van der Waals surface area (Å²) in [5, 5.41) is 1.62. The Morgan fingerprint density at radius 3 is 1.15 bits per heavy atom. The molecule has 2 atom stereocenters. The second-order valence-electron chi connectivity index (χ2n) is 14.6. The first-order chi connectivity index (χ1) is 22.1. The summed E-state index contributed by atoms with van der Waals surface area (Å²) >= 11 is 0. The lowest BCUT2D eigenvalue weighted by Gasteiger charge is -2.30. The monoisotopic (exact) mass is 702 g/mol. The summed E-state index contributed by atoms with van der Waals surface area (Å²) in [4.78, 5) is 0. The van der Waals surface area contributed by atoms with Crippen molar-refractivity contribution in [1.29, 1.82) is 0 Å². The maximum absolute atomic E-state index is 13.9. The number of ether oxygens (including phenoxy) is 2. The predicted octanol–water partition coefficient (Wildman–Crippen LogP) is 11.9. The molecule has 254 valence electrons. The largest absolute Gasteiger partial charge is 0.488 e. The van der Waals surface area contributed by atoms with E-state index in [1.807, 2.05) is 24.3 Å². The minimum Gasteiger partial charge on any atom is -0.488 e. The maximum Gasteiger partial charge on any atom is 0.416 e. The maximum atomic E-state index is 13.9. The van der Waals surface area contributed by atoms with E-state index in [0.29, 0.717) is 57.6 Å². The van der Waals surface area contributed by atoms with Crippen molar-refractivity contribution < 1.29 is 35.8 Å². The summed E-state index contributed by atoms with van der Waals surface area (Å²) in [6.07, 6.45) is -8.12. The molecule has 4 aromatic rings. The van der Waals surface area contributed by atoms with Crippen LogP contribution in [0.15, 0.2) is 60.7 Å². The van der Waals surface area contributed by atoms with E-state index in [4.69, 9.17) is 9.47 Å². The van der Waals surface area contributed by atoms with Crippen LogP contribution in [0, 0.1) is 13.8 Å². The van der Waals surface area contributed by atoms with Crippen molar-refractivity contribution in [2.45, 2.75) is 78.1 Å². The Bertz CT molecular complexity index is 1780. The average molecular weight is 703 g/mol. The standard InChI is InChI=1S/C38H38F6O2P2/c1-21-13-23(17-25(15-21)37(39,40)41)27-9-11-29(33-31(27)45-19-47(33)35(3,4)5)30-12-10-28(32-34(30)48(20-46-32)36(6,7)8)24-14-22(2)16-26(18-24)38(42,43)44/h9-18H,19-20H2,1-8H3/t47-,48-/m1/s1. The second-order valence-corrected chi connectivity index (χ2v) is 20.4. The van der Waals surface area contributed by atoms with Gasteiger partial charge in [0.25, 0.3) is 0 Å². The van der Waals surface area contributed by atoms with Gasteiger partial charge in [-0.25, -0.2) is 0 Å². The molecule has 2 aliphatic heterocycles. The highest BCUT2D eigenvalue weighted by atomic mass is 31.1. The summed E-state index contributed by atoms with van der Waals surface area (Å²) in [7, 11) is -1.83. The quantitative estimate of drug-likeness (QED) is 0.156. The van der Waals surface area contributed by atoms with Crippen LogP contribution in [0.5, 0.6) is 11.5 Å². The van der Waals surface area contributed by atoms with Crippen LogP contribution in [0.3, 0.4) is 0 Å². The van der Waals surface area contributed by atoms with Crippen LogP contribution in [0.1, 0.15) is 63.8 Å². The van der Waals surface area contributed by atoms with E-state index in [9.17, 15) is 26.3 Å². The van der Waals surface area contributed by atoms with Gasteiger partial charge in [0.1, 0.15) is 24.2 Å². The van der Waals surface area contributed by atoms with Crippen molar-refractivity contribution in [1.82, 2.24) is 0 Å². The Hall–Kier alpha value is -3.08. The van der Waals surface area contributed by atoms with Crippen molar-refractivity contribution in [3.63, 3.8) is 0 Å². The molecule has 0 aromatic heterocycles. The fourth-order valence-electron chi connectivity index (χ4n) is 6.51. The molecule has 2 heterocycles. The molecule has 0 N–H and O–H groups in total. The number of alkyl halides is 6. The minimum atomic E-state index is -4.49. The number of hydrogen-bond donors (Lipinski definition) is 0. The van der Waals surface area contributed by atoms with E-state index >= 15 is 0 Å². The number of benzene rings is 4. The zero-order valence-corrected chi connectivity index (χ0v) is 30.0. The molecule has 0 saturated heterocycles. The normalized spacial score (nSPS) is 18.0. The lowest BCUT2D eigenvalue weighted by atomic mass is 9.94. The lowest BCUT2D eigenvalue weighted by molar-refractivity contribution is -0.138. The van der Waals surface area contributed by atoms with Crippen molar-refractivity contribution in [2.24, 2.45) is 0 Å². The van der Waals surface area contributed by atoms with Crippen LogP contribution in [0.4, 0.5) is 26.3 Å². The molecular weight excluding hydrogens is 664 g/mol. The van der Waals surface area contributed by atoms with E-state index in [0.717, 1.165) is 33.9 Å². The SMILES string of the molecule is Cc1cc(-c2ccc(-c3ccc(-c4cc(C)cc(C(F)(F)F)c4)c4c3[P@](C(C)(C)C)CO4)c3c2OC[P@@]3C(C)(C)C)cc(C(F)(F)F)c1. The predicted molar refractivity (Wildman–Crippen MR) is 186 cm³/mol. The molecule has 0 radical (unpaired) electrons. The van der Waals surface area contributed by atoms with E-state index in [1.54, 1.807) is 26.0 Å². The summed E-state index contributed by atoms with van der Waals surface area (Å²) in [5.41, 5.74) is 3.55. The number of rotatable bonds is 3. The Morgan fingerprint density at radius 1 is 0.500 bits per heavy atom. The van der Waals surface area contributed by atoms with Crippen molar-refractivity contribution in [2.75, 3.05) is 12.7 Å². The molecule has 2 nitrogen and oxygen atoms in total. The second kappa shape index (κ2) is 11.8. The number of halogens is 6. The van der Waals surface area contributed by atoms with Crippen LogP contribution in [0.2, 0.25) is 0 Å². The van der Waals surface area contributed by atoms with Gasteiger partial charge in [0.2, 0.25) is 0 Å². The summed E-state index contributed by atoms with van der Waals surface area (Å²) in [6, 6.07) is 15.8. The molecule has 4 aromatic carbocycles. The molecule has 0 spiro atoms. The van der Waals surface area contributed by atoms with Gasteiger partial charge >= 0.3 is 12.4 Å². The Morgan fingerprint density at radius 2 is 0.833 bits per heavy atom. The van der Waals surface area contributed by atoms with Crippen LogP contribution in [-0.4, -0.2) is 23.0 Å². The van der Waals surface area contributed by atoms with Gasteiger partial charge in [0, 0.05) is 21.7 Å². The molecule has 0 unspecified atom stereocenters. The molecular formula is C38H38F6O2P2. The van der Waals surface area contributed by atoms with Gasteiger partial charge in [0.15, 0.2) is 0 Å². The highest BCUT2D eigenvalue weighted by Crippen LogP contribution is 2.61. The molecule has 0 saturated carbocycles. The van der Waals surface area contributed by atoms with Crippen LogP contribution >= 0.6 is 15.8 Å². The Kier molecular flexibility index (Phi) is 8.52. The topological polar surface area (TPSA) is 18.5 Å². The van der Waals surface area contributed by atoms with Gasteiger partial charge in [-0.1, -0.05) is 65.8 Å². The van der Waals surface area contributed by atoms with Gasteiger partial charge < -0.3 is 9.47 Å². The molecule has 0 amide bonds. The van der Waals surface area contributed by atoms with Crippen LogP contribution in [-0.2, 0) is 12.4 Å². The van der Waals surface area contributed by atoms with Crippen molar-refractivity contribution in [3.8, 4) is 44.9 Å². The number of fused-ring (bicyclic) bond motifs is 2. The van der Waals surface area contributed by atoms with Gasteiger partial charge in [-0.05, 0) is 110 Å². The third kappa shape index (κ3) is 6.36. The van der Waals surface area contributed by atoms with E-state index < -0.39 is 39.3 Å². The van der Waals surface area contributed by atoms with Gasteiger partial charge in [0.05, 0.1) is 11.1 Å². The van der Waals surface area contributed by atoms with Gasteiger partial charge in [-0.15, -0.1) is 0 Å². The highest BCUT2D eigenvalue weighted by molar-refractivity contribution is 7.68. The molecule has 0 bridgehead atoms.